The van der Waals surface area contributed by atoms with Gasteiger partial charge in [-0.3, -0.25) is 4.67 Å². The largest absolute Gasteiger partial charge is 0.490 e. The second-order valence-electron chi connectivity index (χ2n) is 6.60. The minimum atomic E-state index is -0.190. The third-order valence-corrected chi connectivity index (χ3v) is 4.94. The maximum Gasteiger partial charge on any atom is 0.165 e. The van der Waals surface area contributed by atoms with Crippen molar-refractivity contribution in [2.24, 2.45) is 0 Å². The Balaban J connectivity index is 1.91. The molecule has 140 valence electrons. The van der Waals surface area contributed by atoms with Crippen LogP contribution in [0.3, 0.4) is 0 Å². The first-order valence-corrected chi connectivity index (χ1v) is 9.76. The molecule has 3 unspecified atom stereocenters. The Kier molecular flexibility index (Phi) is 6.90. The Bertz CT molecular complexity index is 695. The number of nitrogens with zero attached hydrogens (tertiary/aromatic N) is 1. The summed E-state index contributed by atoms with van der Waals surface area (Å²) < 4.78 is 20.8. The lowest BCUT2D eigenvalue weighted by Gasteiger charge is -2.35. The van der Waals surface area contributed by atoms with E-state index in [0.29, 0.717) is 13.2 Å². The van der Waals surface area contributed by atoms with E-state index in [1.165, 1.54) is 0 Å². The molecule has 0 spiro atoms. The van der Waals surface area contributed by atoms with Crippen LogP contribution in [-0.2, 0) is 4.74 Å². The summed E-state index contributed by atoms with van der Waals surface area (Å²) in [5, 5.41) is 0. The highest BCUT2D eigenvalue weighted by molar-refractivity contribution is 7.13. The third-order valence-electron chi connectivity index (χ3n) is 4.47. The van der Waals surface area contributed by atoms with Crippen molar-refractivity contribution in [1.82, 2.24) is 4.67 Å². The van der Waals surface area contributed by atoms with Gasteiger partial charge in [0.15, 0.2) is 17.6 Å². The standard InChI is InChI=1S/C21H28NO3P/c1-3-13-23-18-11-7-8-16(2)20(18)25-21(17-9-5-4-6-10-17)19-15-22(26)12-14-24-19/h4-11,19,21H,3,12-15,26H2,1-2H3. The normalized spacial score (nSPS) is 19.1. The highest BCUT2D eigenvalue weighted by Gasteiger charge is 2.31. The van der Waals surface area contributed by atoms with Gasteiger partial charge in [0.1, 0.15) is 6.10 Å². The third kappa shape index (κ3) is 4.76. The molecule has 3 atom stereocenters. The van der Waals surface area contributed by atoms with E-state index in [9.17, 15) is 0 Å². The smallest absolute Gasteiger partial charge is 0.165 e. The van der Waals surface area contributed by atoms with E-state index in [4.69, 9.17) is 14.2 Å². The summed E-state index contributed by atoms with van der Waals surface area (Å²) in [5.74, 6) is 1.60. The average molecular weight is 373 g/mol. The van der Waals surface area contributed by atoms with Crippen LogP contribution in [0.4, 0.5) is 0 Å². The SMILES string of the molecule is CCCOc1cccc(C)c1OC(c1ccccc1)C1CN(P)CCO1. The van der Waals surface area contributed by atoms with Gasteiger partial charge in [-0.2, -0.15) is 0 Å². The van der Waals surface area contributed by atoms with Gasteiger partial charge < -0.3 is 14.2 Å². The first kappa shape index (κ1) is 19.2. The van der Waals surface area contributed by atoms with Crippen LogP contribution in [0.25, 0.3) is 0 Å². The fraction of sp³-hybridized carbons (Fsp3) is 0.429. The van der Waals surface area contributed by atoms with Crippen LogP contribution in [0.1, 0.15) is 30.6 Å². The topological polar surface area (TPSA) is 30.9 Å². The van der Waals surface area contributed by atoms with Crippen molar-refractivity contribution in [3.8, 4) is 11.5 Å². The van der Waals surface area contributed by atoms with Crippen LogP contribution in [0.15, 0.2) is 48.5 Å². The molecule has 1 fully saturated rings. The monoisotopic (exact) mass is 373 g/mol. The first-order chi connectivity index (χ1) is 12.7. The number of para-hydroxylation sites is 1. The zero-order valence-corrected chi connectivity index (χ0v) is 16.7. The van der Waals surface area contributed by atoms with Crippen molar-refractivity contribution in [3.63, 3.8) is 0 Å². The molecule has 3 rings (SSSR count). The van der Waals surface area contributed by atoms with Crippen molar-refractivity contribution < 1.29 is 14.2 Å². The van der Waals surface area contributed by atoms with Gasteiger partial charge in [-0.15, -0.1) is 0 Å². The van der Waals surface area contributed by atoms with Crippen molar-refractivity contribution in [2.75, 3.05) is 26.3 Å². The molecule has 1 aliphatic rings. The second kappa shape index (κ2) is 9.36. The molecule has 0 saturated carbocycles. The van der Waals surface area contributed by atoms with E-state index in [1.807, 2.05) is 30.3 Å². The van der Waals surface area contributed by atoms with Crippen LogP contribution < -0.4 is 9.47 Å². The molecule has 5 heteroatoms. The van der Waals surface area contributed by atoms with E-state index in [2.05, 4.69) is 46.1 Å². The Hall–Kier alpha value is -1.61. The molecule has 0 radical (unpaired) electrons. The Morgan fingerprint density at radius 1 is 1.19 bits per heavy atom. The van der Waals surface area contributed by atoms with Crippen molar-refractivity contribution in [3.05, 3.63) is 59.7 Å². The number of rotatable bonds is 7. The molecule has 2 aromatic rings. The predicted octanol–water partition coefficient (Wildman–Crippen LogP) is 4.39. The van der Waals surface area contributed by atoms with E-state index in [-0.39, 0.29) is 12.2 Å². The lowest BCUT2D eigenvalue weighted by atomic mass is 10.0. The summed E-state index contributed by atoms with van der Waals surface area (Å²) in [4.78, 5) is 0. The molecule has 26 heavy (non-hydrogen) atoms. The van der Waals surface area contributed by atoms with Crippen molar-refractivity contribution in [2.45, 2.75) is 32.5 Å². The molecular formula is C21H28NO3P. The summed E-state index contributed by atoms with van der Waals surface area (Å²) in [6.45, 7) is 7.26. The van der Waals surface area contributed by atoms with E-state index < -0.39 is 0 Å². The fourth-order valence-electron chi connectivity index (χ4n) is 3.11. The van der Waals surface area contributed by atoms with Crippen LogP contribution in [-0.4, -0.2) is 37.1 Å². The van der Waals surface area contributed by atoms with Gasteiger partial charge in [0.05, 0.1) is 13.2 Å². The number of morpholine rings is 1. The maximum atomic E-state index is 6.56. The Morgan fingerprint density at radius 3 is 2.73 bits per heavy atom. The zero-order valence-electron chi connectivity index (χ0n) is 15.6. The number of ether oxygens (including phenoxy) is 3. The average Bonchev–Trinajstić information content (AvgIpc) is 2.66. The molecule has 2 aromatic carbocycles. The van der Waals surface area contributed by atoms with Crippen LogP contribution >= 0.6 is 9.39 Å². The number of benzene rings is 2. The molecule has 1 aliphatic heterocycles. The first-order valence-electron chi connectivity index (χ1n) is 9.24. The van der Waals surface area contributed by atoms with Gasteiger partial charge in [0.25, 0.3) is 0 Å². The van der Waals surface area contributed by atoms with Gasteiger partial charge >= 0.3 is 0 Å². The molecule has 0 aliphatic carbocycles. The maximum absolute atomic E-state index is 6.56. The highest BCUT2D eigenvalue weighted by atomic mass is 31.0. The minimum Gasteiger partial charge on any atom is -0.490 e. The highest BCUT2D eigenvalue weighted by Crippen LogP contribution is 2.37. The van der Waals surface area contributed by atoms with Crippen LogP contribution in [0.2, 0.25) is 0 Å². The van der Waals surface area contributed by atoms with Gasteiger partial charge in [-0.05, 0) is 30.5 Å². The molecule has 1 saturated heterocycles. The van der Waals surface area contributed by atoms with Crippen LogP contribution in [0, 0.1) is 6.92 Å². The summed E-state index contributed by atoms with van der Waals surface area (Å²) >= 11 is 0. The fourth-order valence-corrected chi connectivity index (χ4v) is 3.42. The molecule has 0 bridgehead atoms. The molecule has 1 heterocycles. The Morgan fingerprint density at radius 2 is 2.00 bits per heavy atom. The molecule has 0 N–H and O–H groups in total. The molecule has 0 amide bonds. The summed E-state index contributed by atoms with van der Waals surface area (Å²) in [6, 6.07) is 16.3. The van der Waals surface area contributed by atoms with E-state index in [0.717, 1.165) is 42.1 Å². The van der Waals surface area contributed by atoms with E-state index >= 15 is 0 Å². The molecular weight excluding hydrogens is 345 g/mol. The molecule has 0 aromatic heterocycles. The van der Waals surface area contributed by atoms with Crippen molar-refractivity contribution >= 4 is 9.39 Å². The summed E-state index contributed by atoms with van der Waals surface area (Å²) in [6.07, 6.45) is 0.732. The lowest BCUT2D eigenvalue weighted by Crippen LogP contribution is -2.42. The van der Waals surface area contributed by atoms with Gasteiger partial charge in [-0.1, -0.05) is 58.8 Å². The lowest BCUT2D eigenvalue weighted by molar-refractivity contribution is -0.0626. The minimum absolute atomic E-state index is 0.0396. The quantitative estimate of drug-likeness (QED) is 0.674. The summed E-state index contributed by atoms with van der Waals surface area (Å²) in [7, 11) is 2.78. The van der Waals surface area contributed by atoms with Gasteiger partial charge in [0.2, 0.25) is 0 Å². The molecule has 4 nitrogen and oxygen atoms in total. The van der Waals surface area contributed by atoms with Crippen molar-refractivity contribution in [1.29, 1.82) is 0 Å². The number of aryl methyl sites for hydroxylation is 1. The van der Waals surface area contributed by atoms with E-state index in [1.54, 1.807) is 0 Å². The Labute approximate surface area is 158 Å². The predicted molar refractivity (Wildman–Crippen MR) is 108 cm³/mol. The van der Waals surface area contributed by atoms with Gasteiger partial charge in [-0.25, -0.2) is 0 Å². The zero-order chi connectivity index (χ0) is 18.4. The number of hydrogen-bond donors (Lipinski definition) is 0. The number of hydrogen-bond acceptors (Lipinski definition) is 4. The van der Waals surface area contributed by atoms with Crippen LogP contribution in [0.5, 0.6) is 11.5 Å². The second-order valence-corrected chi connectivity index (χ2v) is 7.33. The van der Waals surface area contributed by atoms with Gasteiger partial charge in [0, 0.05) is 13.1 Å². The summed E-state index contributed by atoms with van der Waals surface area (Å²) in [5.41, 5.74) is 2.18.